The molecule has 10 heavy (non-hydrogen) atoms. The summed E-state index contributed by atoms with van der Waals surface area (Å²) in [4.78, 5) is 10.9. The lowest BCUT2D eigenvalue weighted by atomic mass is 10.3. The first-order chi connectivity index (χ1) is 4.77. The summed E-state index contributed by atoms with van der Waals surface area (Å²) in [5.74, 6) is 4.98. The van der Waals surface area contributed by atoms with E-state index >= 15 is 0 Å². The van der Waals surface area contributed by atoms with Gasteiger partial charge in [-0.25, -0.2) is 0 Å². The average Bonchev–Trinajstić information content (AvgIpc) is 2.30. The topological polar surface area (TPSA) is 67.5 Å². The molecule has 0 aromatic rings. The minimum Gasteiger partial charge on any atom is -0.321 e. The van der Waals surface area contributed by atoms with Crippen LogP contribution in [0, 0.1) is 0 Å². The largest absolute Gasteiger partial charge is 0.321 e. The van der Waals surface area contributed by atoms with Crippen molar-refractivity contribution in [2.45, 2.75) is 18.6 Å². The first-order valence-electron chi connectivity index (χ1n) is 3.03. The zero-order valence-corrected chi connectivity index (χ0v) is 6.44. The second-order valence-electron chi connectivity index (χ2n) is 1.94. The Hall–Kier alpha value is -0.710. The molecule has 1 aliphatic rings. The lowest BCUT2D eigenvalue weighted by Crippen LogP contribution is -2.24. The van der Waals surface area contributed by atoms with Crippen LogP contribution in [0.4, 0.5) is 0 Å². The molecular formula is C5H9N3OS. The predicted octanol–water partition coefficient (Wildman–Crippen LogP) is -0.142. The maximum Gasteiger partial charge on any atom is 0.239 e. The summed E-state index contributed by atoms with van der Waals surface area (Å²) in [6, 6.07) is 0. The Bertz CT molecular complexity index is 180. The molecule has 0 aromatic carbocycles. The van der Waals surface area contributed by atoms with E-state index in [1.807, 2.05) is 6.92 Å². The second-order valence-corrected chi connectivity index (χ2v) is 3.13. The van der Waals surface area contributed by atoms with Crippen molar-refractivity contribution in [3.05, 3.63) is 0 Å². The normalized spacial score (nSPS) is 29.1. The van der Waals surface area contributed by atoms with Gasteiger partial charge in [0, 0.05) is 0 Å². The molecule has 5 heteroatoms. The van der Waals surface area contributed by atoms with Crippen molar-refractivity contribution in [1.29, 1.82) is 0 Å². The van der Waals surface area contributed by atoms with E-state index in [0.717, 1.165) is 6.42 Å². The molecule has 0 saturated carbocycles. The molecule has 1 unspecified atom stereocenters. The van der Waals surface area contributed by atoms with Crippen LogP contribution >= 0.6 is 11.8 Å². The number of carbonyl (C=O) groups excluding carboxylic acids is 1. The Morgan fingerprint density at radius 3 is 2.90 bits per heavy atom. The quantitative estimate of drug-likeness (QED) is 0.413. The third-order valence-corrected chi connectivity index (χ3v) is 2.53. The van der Waals surface area contributed by atoms with E-state index in [1.54, 1.807) is 0 Å². The molecule has 1 heterocycles. The third kappa shape index (κ3) is 1.23. The van der Waals surface area contributed by atoms with E-state index in [-0.39, 0.29) is 11.2 Å². The van der Waals surface area contributed by atoms with Gasteiger partial charge in [0.15, 0.2) is 5.17 Å². The molecule has 1 amide bonds. The number of rotatable bonds is 1. The molecule has 0 radical (unpaired) electrons. The molecule has 3 N–H and O–H groups in total. The van der Waals surface area contributed by atoms with Crippen LogP contribution in [0.25, 0.3) is 0 Å². The van der Waals surface area contributed by atoms with Gasteiger partial charge >= 0.3 is 0 Å². The number of hydrogen-bond donors (Lipinski definition) is 2. The molecule has 1 rings (SSSR count). The smallest absolute Gasteiger partial charge is 0.239 e. The highest BCUT2D eigenvalue weighted by atomic mass is 32.2. The molecule has 1 atom stereocenters. The lowest BCUT2D eigenvalue weighted by Gasteiger charge is -1.95. The SMILES string of the molecule is CCC1SC(=NN)NC1=O. The number of nitrogens with one attached hydrogen (secondary N) is 1. The van der Waals surface area contributed by atoms with Gasteiger partial charge in [-0.15, -0.1) is 0 Å². The fourth-order valence-corrected chi connectivity index (χ4v) is 1.56. The van der Waals surface area contributed by atoms with Gasteiger partial charge in [-0.3, -0.25) is 4.79 Å². The van der Waals surface area contributed by atoms with Crippen LogP contribution in [0.3, 0.4) is 0 Å². The Labute approximate surface area is 63.2 Å². The van der Waals surface area contributed by atoms with Crippen LogP contribution in [0.1, 0.15) is 13.3 Å². The molecule has 0 spiro atoms. The molecule has 1 saturated heterocycles. The summed E-state index contributed by atoms with van der Waals surface area (Å²) in [5, 5.41) is 6.46. The number of thioether (sulfide) groups is 1. The van der Waals surface area contributed by atoms with Crippen LogP contribution in [0.5, 0.6) is 0 Å². The highest BCUT2D eigenvalue weighted by molar-refractivity contribution is 8.15. The van der Waals surface area contributed by atoms with Crippen molar-refractivity contribution in [3.8, 4) is 0 Å². The van der Waals surface area contributed by atoms with Gasteiger partial charge in [0.1, 0.15) is 0 Å². The molecule has 1 aliphatic heterocycles. The Balaban J connectivity index is 2.61. The van der Waals surface area contributed by atoms with Crippen LogP contribution in [0.15, 0.2) is 5.10 Å². The molecular weight excluding hydrogens is 150 g/mol. The Morgan fingerprint density at radius 2 is 2.60 bits per heavy atom. The van der Waals surface area contributed by atoms with E-state index in [4.69, 9.17) is 5.84 Å². The van der Waals surface area contributed by atoms with Gasteiger partial charge in [-0.1, -0.05) is 18.7 Å². The molecule has 4 nitrogen and oxygen atoms in total. The average molecular weight is 159 g/mol. The van der Waals surface area contributed by atoms with Crippen molar-refractivity contribution in [3.63, 3.8) is 0 Å². The van der Waals surface area contributed by atoms with Crippen molar-refractivity contribution >= 4 is 22.8 Å². The fourth-order valence-electron chi connectivity index (χ4n) is 0.735. The first kappa shape index (κ1) is 7.40. The predicted molar refractivity (Wildman–Crippen MR) is 41.4 cm³/mol. The van der Waals surface area contributed by atoms with E-state index in [0.29, 0.717) is 5.17 Å². The number of hydrazone groups is 1. The van der Waals surface area contributed by atoms with Crippen molar-refractivity contribution in [1.82, 2.24) is 5.32 Å². The van der Waals surface area contributed by atoms with Crippen molar-refractivity contribution in [2.24, 2.45) is 10.9 Å². The monoisotopic (exact) mass is 159 g/mol. The van der Waals surface area contributed by atoms with E-state index in [9.17, 15) is 4.79 Å². The third-order valence-electron chi connectivity index (χ3n) is 1.26. The zero-order valence-electron chi connectivity index (χ0n) is 5.63. The first-order valence-corrected chi connectivity index (χ1v) is 3.91. The van der Waals surface area contributed by atoms with Gasteiger partial charge in [-0.05, 0) is 6.42 Å². The molecule has 56 valence electrons. The highest BCUT2D eigenvalue weighted by Crippen LogP contribution is 2.20. The van der Waals surface area contributed by atoms with Gasteiger partial charge in [0.25, 0.3) is 0 Å². The van der Waals surface area contributed by atoms with Crippen molar-refractivity contribution in [2.75, 3.05) is 0 Å². The summed E-state index contributed by atoms with van der Waals surface area (Å²) in [7, 11) is 0. The summed E-state index contributed by atoms with van der Waals surface area (Å²) >= 11 is 1.38. The summed E-state index contributed by atoms with van der Waals surface area (Å²) in [5.41, 5.74) is 0. The maximum absolute atomic E-state index is 10.9. The summed E-state index contributed by atoms with van der Waals surface area (Å²) < 4.78 is 0. The van der Waals surface area contributed by atoms with Crippen LogP contribution < -0.4 is 11.2 Å². The minimum atomic E-state index is 0.00213. The van der Waals surface area contributed by atoms with Crippen molar-refractivity contribution < 1.29 is 4.79 Å². The second kappa shape index (κ2) is 2.92. The lowest BCUT2D eigenvalue weighted by molar-refractivity contribution is -0.118. The number of amides is 1. The van der Waals surface area contributed by atoms with Crippen LogP contribution in [0.2, 0.25) is 0 Å². The number of nitrogens with two attached hydrogens (primary N) is 1. The Kier molecular flexibility index (Phi) is 2.16. The number of carbonyl (C=O) groups is 1. The van der Waals surface area contributed by atoms with Crippen LogP contribution in [-0.4, -0.2) is 16.3 Å². The van der Waals surface area contributed by atoms with E-state index < -0.39 is 0 Å². The zero-order chi connectivity index (χ0) is 7.56. The van der Waals surface area contributed by atoms with E-state index in [2.05, 4.69) is 10.4 Å². The standard InChI is InChI=1S/C5H9N3OS/c1-2-3-4(9)7-5(8-6)10-3/h3H,2,6H2,1H3,(H,7,8,9). The maximum atomic E-state index is 10.9. The molecule has 1 fully saturated rings. The van der Waals surface area contributed by atoms with Gasteiger partial charge in [0.2, 0.25) is 5.91 Å². The fraction of sp³-hybridized carbons (Fsp3) is 0.600. The molecule has 0 bridgehead atoms. The summed E-state index contributed by atoms with van der Waals surface area (Å²) in [6.07, 6.45) is 0.815. The number of hydrogen-bond acceptors (Lipinski definition) is 4. The number of nitrogens with zero attached hydrogens (tertiary/aromatic N) is 1. The molecule has 0 aromatic heterocycles. The van der Waals surface area contributed by atoms with Gasteiger partial charge < -0.3 is 11.2 Å². The van der Waals surface area contributed by atoms with E-state index in [1.165, 1.54) is 11.8 Å². The number of amidine groups is 1. The van der Waals surface area contributed by atoms with Crippen LogP contribution in [-0.2, 0) is 4.79 Å². The highest BCUT2D eigenvalue weighted by Gasteiger charge is 2.27. The van der Waals surface area contributed by atoms with Gasteiger partial charge in [-0.2, -0.15) is 5.10 Å². The van der Waals surface area contributed by atoms with Gasteiger partial charge in [0.05, 0.1) is 5.25 Å². The summed E-state index contributed by atoms with van der Waals surface area (Å²) in [6.45, 7) is 1.96. The Morgan fingerprint density at radius 1 is 1.90 bits per heavy atom. The minimum absolute atomic E-state index is 0.00213. The molecule has 0 aliphatic carbocycles.